The van der Waals surface area contributed by atoms with E-state index in [4.69, 9.17) is 15.5 Å². The second-order valence-corrected chi connectivity index (χ2v) is 2.47. The SMILES string of the molecule is N#Cc1cc(C=CCO)ccc1O. The molecule has 0 heterocycles. The van der Waals surface area contributed by atoms with E-state index in [9.17, 15) is 0 Å². The highest BCUT2D eigenvalue weighted by atomic mass is 16.3. The quantitative estimate of drug-likeness (QED) is 0.711. The molecule has 0 amide bonds. The van der Waals surface area contributed by atoms with E-state index in [0.717, 1.165) is 5.56 Å². The minimum absolute atomic E-state index is 0.0244. The molecule has 0 saturated carbocycles. The molecular weight excluding hydrogens is 166 g/mol. The van der Waals surface area contributed by atoms with Crippen molar-refractivity contribution in [3.63, 3.8) is 0 Å². The fourth-order valence-corrected chi connectivity index (χ4v) is 0.936. The van der Waals surface area contributed by atoms with Crippen LogP contribution in [0.1, 0.15) is 11.1 Å². The Morgan fingerprint density at radius 1 is 1.46 bits per heavy atom. The molecule has 1 rings (SSSR count). The Morgan fingerprint density at radius 3 is 2.85 bits per heavy atom. The van der Waals surface area contributed by atoms with Crippen molar-refractivity contribution in [3.05, 3.63) is 35.4 Å². The Labute approximate surface area is 76.2 Å². The van der Waals surface area contributed by atoms with Gasteiger partial charge in [-0.1, -0.05) is 18.2 Å². The summed E-state index contributed by atoms with van der Waals surface area (Å²) in [6.07, 6.45) is 3.24. The maximum atomic E-state index is 9.16. The van der Waals surface area contributed by atoms with E-state index in [1.54, 1.807) is 24.3 Å². The molecule has 0 aliphatic carbocycles. The first-order valence-electron chi connectivity index (χ1n) is 3.78. The second-order valence-electron chi connectivity index (χ2n) is 2.47. The molecule has 0 bridgehead atoms. The van der Waals surface area contributed by atoms with Crippen LogP contribution in [-0.2, 0) is 0 Å². The van der Waals surface area contributed by atoms with Gasteiger partial charge < -0.3 is 10.2 Å². The minimum Gasteiger partial charge on any atom is -0.507 e. The van der Waals surface area contributed by atoms with Crippen LogP contribution in [0, 0.1) is 11.3 Å². The number of phenols is 1. The minimum atomic E-state index is -0.0389. The maximum absolute atomic E-state index is 9.16. The molecule has 1 aromatic rings. The summed E-state index contributed by atoms with van der Waals surface area (Å²) in [7, 11) is 0. The molecule has 13 heavy (non-hydrogen) atoms. The summed E-state index contributed by atoms with van der Waals surface area (Å²) in [5.74, 6) is -0.0244. The molecule has 0 radical (unpaired) electrons. The number of aromatic hydroxyl groups is 1. The second kappa shape index (κ2) is 4.29. The van der Waals surface area contributed by atoms with Gasteiger partial charge in [0.15, 0.2) is 0 Å². The Balaban J connectivity index is 3.01. The van der Waals surface area contributed by atoms with Crippen molar-refractivity contribution in [3.8, 4) is 11.8 Å². The Hall–Kier alpha value is -1.79. The largest absolute Gasteiger partial charge is 0.507 e. The predicted molar refractivity (Wildman–Crippen MR) is 48.9 cm³/mol. The molecule has 1 aromatic carbocycles. The summed E-state index contributed by atoms with van der Waals surface area (Å²) in [6.45, 7) is -0.0389. The highest BCUT2D eigenvalue weighted by Gasteiger charge is 1.98. The van der Waals surface area contributed by atoms with Crippen LogP contribution in [0.2, 0.25) is 0 Å². The average Bonchev–Trinajstić information content (AvgIpc) is 2.16. The number of rotatable bonds is 2. The zero-order valence-corrected chi connectivity index (χ0v) is 6.94. The molecule has 0 saturated heterocycles. The van der Waals surface area contributed by atoms with Crippen LogP contribution in [0.5, 0.6) is 5.75 Å². The van der Waals surface area contributed by atoms with Crippen LogP contribution in [-0.4, -0.2) is 16.8 Å². The van der Waals surface area contributed by atoms with E-state index in [2.05, 4.69) is 0 Å². The Morgan fingerprint density at radius 2 is 2.23 bits per heavy atom. The standard InChI is InChI=1S/C10H9NO2/c11-7-9-6-8(2-1-5-12)3-4-10(9)13/h1-4,6,12-13H,5H2. The van der Waals surface area contributed by atoms with E-state index >= 15 is 0 Å². The van der Waals surface area contributed by atoms with E-state index in [-0.39, 0.29) is 17.9 Å². The summed E-state index contributed by atoms with van der Waals surface area (Å²) in [4.78, 5) is 0. The molecule has 0 unspecified atom stereocenters. The lowest BCUT2D eigenvalue weighted by Crippen LogP contribution is -1.79. The van der Waals surface area contributed by atoms with Crippen LogP contribution in [0.25, 0.3) is 6.08 Å². The summed E-state index contributed by atoms with van der Waals surface area (Å²) < 4.78 is 0. The fourth-order valence-electron chi connectivity index (χ4n) is 0.936. The van der Waals surface area contributed by atoms with Crippen molar-refractivity contribution in [2.45, 2.75) is 0 Å². The van der Waals surface area contributed by atoms with Crippen molar-refractivity contribution in [1.82, 2.24) is 0 Å². The van der Waals surface area contributed by atoms with Gasteiger partial charge in [0.1, 0.15) is 11.8 Å². The molecule has 0 spiro atoms. The molecule has 66 valence electrons. The molecular formula is C10H9NO2. The van der Waals surface area contributed by atoms with Gasteiger partial charge in [0.05, 0.1) is 12.2 Å². The first-order chi connectivity index (χ1) is 6.27. The molecule has 2 N–H and O–H groups in total. The molecule has 0 aliphatic rings. The van der Waals surface area contributed by atoms with Gasteiger partial charge in [0, 0.05) is 0 Å². The first kappa shape index (κ1) is 9.30. The fraction of sp³-hybridized carbons (Fsp3) is 0.100. The first-order valence-corrected chi connectivity index (χ1v) is 3.78. The summed E-state index contributed by atoms with van der Waals surface area (Å²) in [5, 5.41) is 26.3. The third kappa shape index (κ3) is 2.32. The van der Waals surface area contributed by atoms with Crippen LogP contribution in [0.4, 0.5) is 0 Å². The number of benzene rings is 1. The van der Waals surface area contributed by atoms with E-state index in [1.807, 2.05) is 6.07 Å². The highest BCUT2D eigenvalue weighted by molar-refractivity contribution is 5.56. The third-order valence-corrected chi connectivity index (χ3v) is 1.56. The predicted octanol–water partition coefficient (Wildman–Crippen LogP) is 1.27. The lowest BCUT2D eigenvalue weighted by molar-refractivity contribution is 0.343. The zero-order chi connectivity index (χ0) is 9.68. The van der Waals surface area contributed by atoms with Gasteiger partial charge in [-0.25, -0.2) is 0 Å². The number of aliphatic hydroxyl groups excluding tert-OH is 1. The number of nitrogens with zero attached hydrogens (tertiary/aromatic N) is 1. The summed E-state index contributed by atoms with van der Waals surface area (Å²) >= 11 is 0. The maximum Gasteiger partial charge on any atom is 0.133 e. The van der Waals surface area contributed by atoms with Gasteiger partial charge in [0.25, 0.3) is 0 Å². The van der Waals surface area contributed by atoms with Gasteiger partial charge in [-0.2, -0.15) is 5.26 Å². The van der Waals surface area contributed by atoms with Crippen molar-refractivity contribution in [2.24, 2.45) is 0 Å². The number of hydrogen-bond acceptors (Lipinski definition) is 3. The van der Waals surface area contributed by atoms with E-state index in [0.29, 0.717) is 0 Å². The molecule has 0 aromatic heterocycles. The van der Waals surface area contributed by atoms with Crippen LogP contribution in [0.3, 0.4) is 0 Å². The lowest BCUT2D eigenvalue weighted by Gasteiger charge is -1.96. The van der Waals surface area contributed by atoms with Gasteiger partial charge in [-0.15, -0.1) is 0 Å². The van der Waals surface area contributed by atoms with Crippen molar-refractivity contribution >= 4 is 6.08 Å². The van der Waals surface area contributed by atoms with Crippen molar-refractivity contribution < 1.29 is 10.2 Å². The topological polar surface area (TPSA) is 64.2 Å². The number of nitriles is 1. The molecule has 0 atom stereocenters. The zero-order valence-electron chi connectivity index (χ0n) is 6.94. The highest BCUT2D eigenvalue weighted by Crippen LogP contribution is 2.17. The molecule has 3 nitrogen and oxygen atoms in total. The normalized spacial score (nSPS) is 10.2. The molecule has 3 heteroatoms. The molecule has 0 fully saturated rings. The third-order valence-electron chi connectivity index (χ3n) is 1.56. The van der Waals surface area contributed by atoms with E-state index in [1.165, 1.54) is 6.07 Å². The smallest absolute Gasteiger partial charge is 0.133 e. The molecule has 0 aliphatic heterocycles. The monoisotopic (exact) mass is 175 g/mol. The van der Waals surface area contributed by atoms with Crippen LogP contribution in [0.15, 0.2) is 24.3 Å². The Kier molecular flexibility index (Phi) is 3.07. The average molecular weight is 175 g/mol. The van der Waals surface area contributed by atoms with Gasteiger partial charge in [0.2, 0.25) is 0 Å². The van der Waals surface area contributed by atoms with Gasteiger partial charge in [-0.3, -0.25) is 0 Å². The summed E-state index contributed by atoms with van der Waals surface area (Å²) in [5.41, 5.74) is 1.02. The number of aliphatic hydroxyl groups is 1. The Bertz CT molecular complexity index is 364. The van der Waals surface area contributed by atoms with Crippen molar-refractivity contribution in [2.75, 3.05) is 6.61 Å². The van der Waals surface area contributed by atoms with Gasteiger partial charge >= 0.3 is 0 Å². The van der Waals surface area contributed by atoms with Crippen LogP contribution < -0.4 is 0 Å². The van der Waals surface area contributed by atoms with E-state index < -0.39 is 0 Å². The lowest BCUT2D eigenvalue weighted by atomic mass is 10.1. The number of hydrogen-bond donors (Lipinski definition) is 2. The summed E-state index contributed by atoms with van der Waals surface area (Å²) in [6, 6.07) is 6.55. The van der Waals surface area contributed by atoms with Crippen LogP contribution >= 0.6 is 0 Å². The van der Waals surface area contributed by atoms with Gasteiger partial charge in [-0.05, 0) is 17.7 Å². The number of phenolic OH excluding ortho intramolecular Hbond substituents is 1. The van der Waals surface area contributed by atoms with Crippen molar-refractivity contribution in [1.29, 1.82) is 5.26 Å².